The normalized spacial score (nSPS) is 12.3. The van der Waals surface area contributed by atoms with E-state index in [1.807, 2.05) is 0 Å². The van der Waals surface area contributed by atoms with E-state index >= 15 is 0 Å². The van der Waals surface area contributed by atoms with Crippen molar-refractivity contribution in [3.63, 3.8) is 0 Å². The van der Waals surface area contributed by atoms with E-state index in [0.717, 1.165) is 0 Å². The summed E-state index contributed by atoms with van der Waals surface area (Å²) in [6.45, 7) is 0.139. The van der Waals surface area contributed by atoms with Gasteiger partial charge in [-0.3, -0.25) is 0 Å². The zero-order valence-electron chi connectivity index (χ0n) is 13.0. The number of rotatable bonds is 6. The Labute approximate surface area is 140 Å². The second kappa shape index (κ2) is 8.22. The zero-order chi connectivity index (χ0) is 18.3. The van der Waals surface area contributed by atoms with Gasteiger partial charge in [-0.2, -0.15) is 18.3 Å². The SMILES string of the molecule is CC(OC(=O)NCc1ccc(OCC(F)(F)F)nn1)c1ncccn1. The standard InChI is InChI=1S/C14H14F3N5O3/c1-9(12-18-5-2-6-19-12)25-13(23)20-7-10-3-4-11(22-21-10)24-8-14(15,16)17/h2-6,9H,7-8H2,1H3,(H,20,23). The van der Waals surface area contributed by atoms with Gasteiger partial charge in [-0.25, -0.2) is 14.8 Å². The number of hydrogen-bond acceptors (Lipinski definition) is 7. The number of aromatic nitrogens is 4. The van der Waals surface area contributed by atoms with Gasteiger partial charge < -0.3 is 14.8 Å². The molecule has 1 atom stereocenters. The summed E-state index contributed by atoms with van der Waals surface area (Å²) in [4.78, 5) is 19.6. The number of alkyl carbamates (subject to hydrolysis) is 1. The molecule has 0 aliphatic rings. The molecule has 25 heavy (non-hydrogen) atoms. The fourth-order valence-corrected chi connectivity index (χ4v) is 1.61. The first-order valence-corrected chi connectivity index (χ1v) is 7.07. The highest BCUT2D eigenvalue weighted by Crippen LogP contribution is 2.16. The minimum atomic E-state index is -4.45. The van der Waals surface area contributed by atoms with E-state index in [1.165, 1.54) is 24.5 Å². The lowest BCUT2D eigenvalue weighted by molar-refractivity contribution is -0.154. The number of ether oxygens (including phenoxy) is 2. The Bertz CT molecular complexity index is 682. The average Bonchev–Trinajstić information content (AvgIpc) is 2.59. The number of carbonyl (C=O) groups excluding carboxylic acids is 1. The maximum atomic E-state index is 12.0. The fourth-order valence-electron chi connectivity index (χ4n) is 1.61. The molecule has 11 heteroatoms. The molecule has 0 spiro atoms. The largest absolute Gasteiger partial charge is 0.467 e. The van der Waals surface area contributed by atoms with Crippen LogP contribution in [0, 0.1) is 0 Å². The van der Waals surface area contributed by atoms with Gasteiger partial charge in [0.2, 0.25) is 5.88 Å². The van der Waals surface area contributed by atoms with Crippen LogP contribution in [-0.4, -0.2) is 39.0 Å². The first kappa shape index (κ1) is 18.4. The quantitative estimate of drug-likeness (QED) is 0.846. The highest BCUT2D eigenvalue weighted by atomic mass is 19.4. The molecule has 0 bridgehead atoms. The minimum Gasteiger partial charge on any atom is -0.467 e. The lowest BCUT2D eigenvalue weighted by Gasteiger charge is -2.12. The summed E-state index contributed by atoms with van der Waals surface area (Å²) in [6.07, 6.45) is -2.77. The van der Waals surface area contributed by atoms with Gasteiger partial charge in [0.1, 0.15) is 0 Å². The van der Waals surface area contributed by atoms with Crippen molar-refractivity contribution in [1.29, 1.82) is 0 Å². The van der Waals surface area contributed by atoms with E-state index in [1.54, 1.807) is 13.0 Å². The van der Waals surface area contributed by atoms with Gasteiger partial charge in [-0.1, -0.05) is 0 Å². The lowest BCUT2D eigenvalue weighted by atomic mass is 10.4. The van der Waals surface area contributed by atoms with E-state index in [-0.39, 0.29) is 12.4 Å². The van der Waals surface area contributed by atoms with Gasteiger partial charge >= 0.3 is 12.3 Å². The molecule has 134 valence electrons. The Balaban J connectivity index is 1.78. The van der Waals surface area contributed by atoms with Crippen molar-refractivity contribution in [2.24, 2.45) is 0 Å². The molecule has 0 radical (unpaired) electrons. The second-order valence-corrected chi connectivity index (χ2v) is 4.77. The molecule has 2 aromatic heterocycles. The van der Waals surface area contributed by atoms with Gasteiger partial charge in [0.15, 0.2) is 18.5 Å². The smallest absolute Gasteiger partial charge is 0.422 e. The summed E-state index contributed by atoms with van der Waals surface area (Å²) in [5, 5.41) is 9.57. The summed E-state index contributed by atoms with van der Waals surface area (Å²) in [5.41, 5.74) is 0.319. The van der Waals surface area contributed by atoms with E-state index in [2.05, 4.69) is 30.2 Å². The molecule has 0 fully saturated rings. The fraction of sp³-hybridized carbons (Fsp3) is 0.357. The Morgan fingerprint density at radius 2 is 1.96 bits per heavy atom. The minimum absolute atomic E-state index is 0.0201. The molecule has 1 amide bonds. The van der Waals surface area contributed by atoms with Gasteiger partial charge in [-0.15, -0.1) is 5.10 Å². The number of halogens is 3. The molecule has 8 nitrogen and oxygen atoms in total. The third-order valence-corrected chi connectivity index (χ3v) is 2.73. The monoisotopic (exact) mass is 357 g/mol. The molecule has 1 unspecified atom stereocenters. The Hall–Kier alpha value is -2.98. The number of nitrogens with zero attached hydrogens (tertiary/aromatic N) is 4. The van der Waals surface area contributed by atoms with Crippen LogP contribution >= 0.6 is 0 Å². The number of nitrogens with one attached hydrogen (secondary N) is 1. The highest BCUT2D eigenvalue weighted by Gasteiger charge is 2.28. The molecule has 2 heterocycles. The van der Waals surface area contributed by atoms with Crippen LogP contribution < -0.4 is 10.1 Å². The predicted octanol–water partition coefficient (Wildman–Crippen LogP) is 2.20. The maximum Gasteiger partial charge on any atom is 0.422 e. The van der Waals surface area contributed by atoms with Crippen LogP contribution in [0.25, 0.3) is 0 Å². The van der Waals surface area contributed by atoms with E-state index in [4.69, 9.17) is 4.74 Å². The van der Waals surface area contributed by atoms with Crippen molar-refractivity contribution >= 4 is 6.09 Å². The van der Waals surface area contributed by atoms with Crippen molar-refractivity contribution < 1.29 is 27.4 Å². The van der Waals surface area contributed by atoms with Crippen LogP contribution in [-0.2, 0) is 11.3 Å². The van der Waals surface area contributed by atoms with Crippen LogP contribution in [0.4, 0.5) is 18.0 Å². The van der Waals surface area contributed by atoms with E-state index in [0.29, 0.717) is 11.5 Å². The number of hydrogen-bond donors (Lipinski definition) is 1. The molecule has 0 aromatic carbocycles. The molecule has 2 aromatic rings. The maximum absolute atomic E-state index is 12.0. The van der Waals surface area contributed by atoms with Crippen LogP contribution in [0.3, 0.4) is 0 Å². The summed E-state index contributed by atoms with van der Waals surface area (Å²) < 4.78 is 45.6. The van der Waals surface area contributed by atoms with Crippen LogP contribution in [0.5, 0.6) is 5.88 Å². The molecule has 0 aliphatic carbocycles. The molecule has 0 aliphatic heterocycles. The van der Waals surface area contributed by atoms with Crippen LogP contribution in [0.15, 0.2) is 30.6 Å². The number of alkyl halides is 3. The summed E-state index contributed by atoms with van der Waals surface area (Å²) >= 11 is 0. The van der Waals surface area contributed by atoms with Crippen LogP contribution in [0.1, 0.15) is 24.5 Å². The van der Waals surface area contributed by atoms with Crippen molar-refractivity contribution in [2.75, 3.05) is 6.61 Å². The summed E-state index contributed by atoms with van der Waals surface area (Å²) in [7, 11) is 0. The first-order chi connectivity index (χ1) is 11.8. The molecule has 2 rings (SSSR count). The van der Waals surface area contributed by atoms with Crippen LogP contribution in [0.2, 0.25) is 0 Å². The molecule has 0 saturated carbocycles. The Kier molecular flexibility index (Phi) is 6.03. The molecule has 0 saturated heterocycles. The molecular formula is C14H14F3N5O3. The third-order valence-electron chi connectivity index (χ3n) is 2.73. The van der Waals surface area contributed by atoms with Gasteiger partial charge in [0, 0.05) is 18.5 Å². The van der Waals surface area contributed by atoms with Crippen molar-refractivity contribution in [3.8, 4) is 5.88 Å². The average molecular weight is 357 g/mol. The van der Waals surface area contributed by atoms with Crippen molar-refractivity contribution in [3.05, 3.63) is 42.1 Å². The summed E-state index contributed by atoms with van der Waals surface area (Å²) in [6, 6.07) is 4.24. The van der Waals surface area contributed by atoms with Gasteiger partial charge in [-0.05, 0) is 19.1 Å². The number of carbonyl (C=O) groups is 1. The lowest BCUT2D eigenvalue weighted by Crippen LogP contribution is -2.26. The highest BCUT2D eigenvalue weighted by molar-refractivity contribution is 5.67. The van der Waals surface area contributed by atoms with E-state index in [9.17, 15) is 18.0 Å². The van der Waals surface area contributed by atoms with Crippen molar-refractivity contribution in [2.45, 2.75) is 25.7 Å². The predicted molar refractivity (Wildman–Crippen MR) is 77.3 cm³/mol. The van der Waals surface area contributed by atoms with Crippen molar-refractivity contribution in [1.82, 2.24) is 25.5 Å². The third kappa shape index (κ3) is 6.57. The Morgan fingerprint density at radius 3 is 2.56 bits per heavy atom. The zero-order valence-corrected chi connectivity index (χ0v) is 13.0. The summed E-state index contributed by atoms with van der Waals surface area (Å²) in [5.74, 6) is 0.0853. The Morgan fingerprint density at radius 1 is 1.24 bits per heavy atom. The number of amides is 1. The topological polar surface area (TPSA) is 99.1 Å². The van der Waals surface area contributed by atoms with Gasteiger partial charge in [0.05, 0.1) is 12.2 Å². The van der Waals surface area contributed by atoms with Gasteiger partial charge in [0.25, 0.3) is 0 Å². The molecular weight excluding hydrogens is 343 g/mol. The second-order valence-electron chi connectivity index (χ2n) is 4.77. The first-order valence-electron chi connectivity index (χ1n) is 7.07. The molecule has 1 N–H and O–H groups in total. The van der Waals surface area contributed by atoms with E-state index < -0.39 is 25.0 Å².